The van der Waals surface area contributed by atoms with Crippen LogP contribution in [-0.4, -0.2) is 55.0 Å². The molecule has 1 unspecified atom stereocenters. The molecular formula is C24H27FN2O+2. The summed E-state index contributed by atoms with van der Waals surface area (Å²) in [5.41, 5.74) is 1.05. The molecule has 0 aromatic heterocycles. The van der Waals surface area contributed by atoms with Crippen LogP contribution in [0.15, 0.2) is 72.8 Å². The number of nitrogens with zero attached hydrogens (tertiary/aromatic N) is 2. The van der Waals surface area contributed by atoms with E-state index < -0.39 is 0 Å². The second-order valence-electron chi connectivity index (χ2n) is 8.62. The molecule has 3 aromatic carbocycles. The van der Waals surface area contributed by atoms with Gasteiger partial charge in [-0.05, 0) is 21.5 Å². The summed E-state index contributed by atoms with van der Waals surface area (Å²) in [4.78, 5) is 0. The summed E-state index contributed by atoms with van der Waals surface area (Å²) in [5.74, 6) is 0.832. The van der Waals surface area contributed by atoms with Gasteiger partial charge in [-0.2, -0.15) is 0 Å². The fourth-order valence-electron chi connectivity index (χ4n) is 4.94. The van der Waals surface area contributed by atoms with Crippen LogP contribution < -0.4 is 4.74 Å². The van der Waals surface area contributed by atoms with E-state index in [1.165, 1.54) is 0 Å². The van der Waals surface area contributed by atoms with Crippen LogP contribution in [0.4, 0.5) is 4.48 Å². The number of hydrogen-bond donors (Lipinski definition) is 0. The summed E-state index contributed by atoms with van der Waals surface area (Å²) in [6.07, 6.45) is -0.310. The zero-order valence-corrected chi connectivity index (χ0v) is 16.3. The molecule has 28 heavy (non-hydrogen) atoms. The highest BCUT2D eigenvalue weighted by atomic mass is 19.2. The van der Waals surface area contributed by atoms with Gasteiger partial charge in [-0.1, -0.05) is 66.7 Å². The van der Waals surface area contributed by atoms with Gasteiger partial charge in [0, 0.05) is 5.39 Å². The molecule has 3 nitrogen and oxygen atoms in total. The monoisotopic (exact) mass is 378 g/mol. The van der Waals surface area contributed by atoms with Crippen LogP contribution >= 0.6 is 0 Å². The van der Waals surface area contributed by atoms with Crippen molar-refractivity contribution in [1.82, 2.24) is 0 Å². The zero-order valence-electron chi connectivity index (χ0n) is 16.3. The van der Waals surface area contributed by atoms with Gasteiger partial charge in [0.1, 0.15) is 25.4 Å². The third kappa shape index (κ3) is 2.97. The summed E-state index contributed by atoms with van der Waals surface area (Å²) < 4.78 is 23.2. The molecule has 2 bridgehead atoms. The van der Waals surface area contributed by atoms with Gasteiger partial charge < -0.3 is 9.22 Å². The highest BCUT2D eigenvalue weighted by molar-refractivity contribution is 5.88. The van der Waals surface area contributed by atoms with Crippen molar-refractivity contribution in [3.63, 3.8) is 0 Å². The fraction of sp³-hybridized carbons (Fsp3) is 0.333. The smallest absolute Gasteiger partial charge is 0.215 e. The number of halogens is 1. The lowest BCUT2D eigenvalue weighted by Gasteiger charge is -2.53. The number of fused-ring (bicyclic) bond motifs is 4. The molecule has 3 aromatic rings. The van der Waals surface area contributed by atoms with Crippen LogP contribution in [-0.2, 0) is 0 Å². The Morgan fingerprint density at radius 2 is 1.54 bits per heavy atom. The number of hydrogen-bond acceptors (Lipinski definition) is 1. The predicted molar refractivity (Wildman–Crippen MR) is 109 cm³/mol. The molecule has 0 N–H and O–H groups in total. The van der Waals surface area contributed by atoms with Gasteiger partial charge in [-0.15, -0.1) is 4.71 Å². The highest BCUT2D eigenvalue weighted by Gasteiger charge is 2.59. The molecule has 0 spiro atoms. The van der Waals surface area contributed by atoms with E-state index >= 15 is 4.48 Å². The third-order valence-corrected chi connectivity index (χ3v) is 6.73. The first-order chi connectivity index (χ1) is 13.6. The molecule has 144 valence electrons. The molecule has 3 fully saturated rings. The Labute approximate surface area is 165 Å². The standard InChI is InChI=1S/C24H27FN2O/c1-26-14-16-27(25,17-15-26)22(18-26)24(20-9-3-2-4-10-20)28-23-13-7-11-19-8-5-6-12-21(19)23/h2-13,22,24H,14-18H2,1H3/q+2/t22?,24-,26?,27?/m1/s1. The molecule has 3 aliphatic heterocycles. The maximum atomic E-state index is 16.0. The molecule has 4 heteroatoms. The first-order valence-corrected chi connectivity index (χ1v) is 10.2. The number of quaternary nitrogens is 2. The second kappa shape index (κ2) is 6.57. The number of rotatable bonds is 4. The zero-order chi connectivity index (χ0) is 19.2. The molecule has 0 radical (unpaired) electrons. The maximum Gasteiger partial charge on any atom is 0.215 e. The van der Waals surface area contributed by atoms with E-state index in [4.69, 9.17) is 4.74 Å². The molecule has 3 heterocycles. The average Bonchev–Trinajstić information content (AvgIpc) is 2.74. The quantitative estimate of drug-likeness (QED) is 0.480. The average molecular weight is 378 g/mol. The topological polar surface area (TPSA) is 9.23 Å². The van der Waals surface area contributed by atoms with E-state index in [1.54, 1.807) is 0 Å². The number of piperazine rings is 3. The van der Waals surface area contributed by atoms with Gasteiger partial charge in [-0.3, -0.25) is 0 Å². The van der Waals surface area contributed by atoms with Gasteiger partial charge in [0.2, 0.25) is 6.04 Å². The Morgan fingerprint density at radius 3 is 2.32 bits per heavy atom. The lowest BCUT2D eigenvalue weighted by Crippen LogP contribution is -2.76. The minimum absolute atomic E-state index is 0.200. The Kier molecular flexibility index (Phi) is 4.14. The SMILES string of the molecule is C[N+]12CC[N+](F)(CC1)C([C@H](Oc1cccc3ccccc13)c1ccccc1)C2. The minimum Gasteiger partial charge on any atom is -0.478 e. The number of likely N-dealkylation sites (N-methyl/N-ethyl adjacent to an activating group) is 1. The first kappa shape index (κ1) is 17.7. The van der Waals surface area contributed by atoms with Gasteiger partial charge in [0.15, 0.2) is 19.2 Å². The van der Waals surface area contributed by atoms with E-state index in [0.717, 1.165) is 46.2 Å². The van der Waals surface area contributed by atoms with Crippen molar-refractivity contribution in [1.29, 1.82) is 0 Å². The molecular weight excluding hydrogens is 351 g/mol. The predicted octanol–water partition coefficient (Wildman–Crippen LogP) is 4.50. The van der Waals surface area contributed by atoms with Crippen LogP contribution in [0.5, 0.6) is 5.75 Å². The molecule has 0 saturated carbocycles. The molecule has 6 rings (SSSR count). The Hall–Kier alpha value is -2.43. The van der Waals surface area contributed by atoms with Gasteiger partial charge >= 0.3 is 0 Å². The first-order valence-electron chi connectivity index (χ1n) is 10.2. The van der Waals surface area contributed by atoms with Crippen LogP contribution in [0, 0.1) is 0 Å². The summed E-state index contributed by atoms with van der Waals surface area (Å²) in [7, 11) is 2.26. The van der Waals surface area contributed by atoms with Gasteiger partial charge in [-0.25, -0.2) is 0 Å². The van der Waals surface area contributed by atoms with E-state index in [1.807, 2.05) is 42.5 Å². The van der Waals surface area contributed by atoms with E-state index in [-0.39, 0.29) is 16.9 Å². The van der Waals surface area contributed by atoms with Crippen molar-refractivity contribution in [2.24, 2.45) is 0 Å². The lowest BCUT2D eigenvalue weighted by atomic mass is 9.94. The second-order valence-corrected chi connectivity index (χ2v) is 8.62. The van der Waals surface area contributed by atoms with Gasteiger partial charge in [0.25, 0.3) is 0 Å². The number of ether oxygens (including phenoxy) is 1. The molecule has 0 amide bonds. The third-order valence-electron chi connectivity index (χ3n) is 6.73. The van der Waals surface area contributed by atoms with Crippen LogP contribution in [0.1, 0.15) is 11.7 Å². The lowest BCUT2D eigenvalue weighted by molar-refractivity contribution is -1.16. The van der Waals surface area contributed by atoms with Crippen molar-refractivity contribution in [3.05, 3.63) is 78.4 Å². The highest BCUT2D eigenvalue weighted by Crippen LogP contribution is 2.40. The van der Waals surface area contributed by atoms with Gasteiger partial charge in [0.05, 0.1) is 7.05 Å². The van der Waals surface area contributed by atoms with Crippen LogP contribution in [0.3, 0.4) is 0 Å². The van der Waals surface area contributed by atoms with E-state index in [0.29, 0.717) is 13.1 Å². The summed E-state index contributed by atoms with van der Waals surface area (Å²) in [6, 6.07) is 24.3. The Bertz CT molecular complexity index is 977. The summed E-state index contributed by atoms with van der Waals surface area (Å²) >= 11 is 0. The summed E-state index contributed by atoms with van der Waals surface area (Å²) in [6.45, 7) is 3.76. The normalized spacial score (nSPS) is 30.3. The maximum absolute atomic E-state index is 16.0. The number of benzene rings is 3. The van der Waals surface area contributed by atoms with Crippen molar-refractivity contribution in [2.75, 3.05) is 39.8 Å². The molecule has 3 saturated heterocycles. The Morgan fingerprint density at radius 1 is 0.857 bits per heavy atom. The molecule has 2 atom stereocenters. The fourth-order valence-corrected chi connectivity index (χ4v) is 4.94. The molecule has 0 aliphatic carbocycles. The van der Waals surface area contributed by atoms with E-state index in [2.05, 4.69) is 37.4 Å². The van der Waals surface area contributed by atoms with Crippen molar-refractivity contribution >= 4 is 10.8 Å². The van der Waals surface area contributed by atoms with Crippen LogP contribution in [0.2, 0.25) is 0 Å². The Balaban J connectivity index is 1.58. The van der Waals surface area contributed by atoms with Crippen molar-refractivity contribution in [2.45, 2.75) is 12.1 Å². The van der Waals surface area contributed by atoms with Crippen molar-refractivity contribution < 1.29 is 18.4 Å². The largest absolute Gasteiger partial charge is 0.478 e. The van der Waals surface area contributed by atoms with Crippen molar-refractivity contribution in [3.8, 4) is 5.75 Å². The molecule has 3 aliphatic rings. The van der Waals surface area contributed by atoms with Crippen LogP contribution in [0.25, 0.3) is 10.8 Å². The van der Waals surface area contributed by atoms with E-state index in [9.17, 15) is 0 Å². The summed E-state index contributed by atoms with van der Waals surface area (Å²) in [5, 5.41) is 2.22. The minimum atomic E-state index is -0.377.